The van der Waals surface area contributed by atoms with E-state index in [9.17, 15) is 0 Å². The summed E-state index contributed by atoms with van der Waals surface area (Å²) in [5.74, 6) is 0. The van der Waals surface area contributed by atoms with Crippen molar-refractivity contribution in [3.8, 4) is 11.3 Å². The van der Waals surface area contributed by atoms with Gasteiger partial charge in [-0.05, 0) is 38.1 Å². The second kappa shape index (κ2) is 4.72. The van der Waals surface area contributed by atoms with Gasteiger partial charge >= 0.3 is 0 Å². The van der Waals surface area contributed by atoms with Crippen molar-refractivity contribution in [3.05, 3.63) is 36.9 Å². The van der Waals surface area contributed by atoms with Gasteiger partial charge in [0.05, 0.1) is 17.9 Å². The largest absolute Gasteiger partial charge is 0.317 e. The van der Waals surface area contributed by atoms with Crippen molar-refractivity contribution in [2.24, 2.45) is 0 Å². The summed E-state index contributed by atoms with van der Waals surface area (Å²) >= 11 is 0. The van der Waals surface area contributed by atoms with E-state index in [0.29, 0.717) is 6.04 Å². The van der Waals surface area contributed by atoms with Gasteiger partial charge in [0, 0.05) is 24.2 Å². The lowest BCUT2D eigenvalue weighted by molar-refractivity contribution is 0.343. The van der Waals surface area contributed by atoms with Crippen molar-refractivity contribution in [2.45, 2.75) is 18.9 Å². The lowest BCUT2D eigenvalue weighted by Gasteiger charge is -2.22. The Kier molecular flexibility index (Phi) is 2.74. The summed E-state index contributed by atoms with van der Waals surface area (Å²) < 4.78 is 3.87. The number of hydrogen-bond donors (Lipinski definition) is 1. The van der Waals surface area contributed by atoms with Gasteiger partial charge in [-0.2, -0.15) is 10.2 Å². The van der Waals surface area contributed by atoms with E-state index in [2.05, 4.69) is 31.4 Å². The van der Waals surface area contributed by atoms with Gasteiger partial charge in [0.15, 0.2) is 5.65 Å². The number of aromatic nitrogens is 5. The fraction of sp³-hybridized carbons (Fsp3) is 0.357. The van der Waals surface area contributed by atoms with Crippen molar-refractivity contribution in [1.82, 2.24) is 29.7 Å². The van der Waals surface area contributed by atoms with Crippen LogP contribution in [0, 0.1) is 0 Å². The maximum Gasteiger partial charge on any atom is 0.153 e. The molecule has 0 saturated carbocycles. The van der Waals surface area contributed by atoms with Crippen molar-refractivity contribution >= 4 is 5.65 Å². The Labute approximate surface area is 116 Å². The average Bonchev–Trinajstić information content (AvgIpc) is 3.16. The quantitative estimate of drug-likeness (QED) is 0.765. The van der Waals surface area contributed by atoms with Gasteiger partial charge in [-0.25, -0.2) is 9.50 Å². The second-order valence-corrected chi connectivity index (χ2v) is 5.14. The van der Waals surface area contributed by atoms with Crippen LogP contribution >= 0.6 is 0 Å². The fourth-order valence-electron chi connectivity index (χ4n) is 2.71. The summed E-state index contributed by atoms with van der Waals surface area (Å²) in [6.45, 7) is 2.14. The molecule has 0 aromatic carbocycles. The van der Waals surface area contributed by atoms with Crippen LogP contribution in [-0.2, 0) is 0 Å². The maximum atomic E-state index is 4.55. The highest BCUT2D eigenvalue weighted by atomic mass is 15.3. The van der Waals surface area contributed by atoms with Crippen molar-refractivity contribution in [2.75, 3.05) is 13.1 Å². The normalized spacial score (nSPS) is 16.8. The zero-order chi connectivity index (χ0) is 13.4. The third-order valence-electron chi connectivity index (χ3n) is 3.84. The predicted molar refractivity (Wildman–Crippen MR) is 75.3 cm³/mol. The minimum atomic E-state index is 0.502. The molecule has 102 valence electrons. The van der Waals surface area contributed by atoms with E-state index in [4.69, 9.17) is 0 Å². The number of piperidine rings is 1. The zero-order valence-corrected chi connectivity index (χ0v) is 11.1. The smallest absolute Gasteiger partial charge is 0.153 e. The monoisotopic (exact) mass is 268 g/mol. The third kappa shape index (κ3) is 1.98. The molecule has 1 fully saturated rings. The number of nitrogens with zero attached hydrogens (tertiary/aromatic N) is 5. The van der Waals surface area contributed by atoms with Crippen LogP contribution in [0.25, 0.3) is 16.9 Å². The molecule has 4 rings (SSSR count). The van der Waals surface area contributed by atoms with Crippen LogP contribution in [0.15, 0.2) is 36.9 Å². The minimum Gasteiger partial charge on any atom is -0.317 e. The van der Waals surface area contributed by atoms with E-state index in [-0.39, 0.29) is 0 Å². The lowest BCUT2D eigenvalue weighted by Crippen LogP contribution is -2.29. The highest BCUT2D eigenvalue weighted by Crippen LogP contribution is 2.22. The van der Waals surface area contributed by atoms with Crippen LogP contribution in [0.5, 0.6) is 0 Å². The Morgan fingerprint density at radius 1 is 1.20 bits per heavy atom. The van der Waals surface area contributed by atoms with Gasteiger partial charge in [-0.1, -0.05) is 0 Å². The predicted octanol–water partition coefficient (Wildman–Crippen LogP) is 1.52. The van der Waals surface area contributed by atoms with Gasteiger partial charge in [-0.3, -0.25) is 4.68 Å². The summed E-state index contributed by atoms with van der Waals surface area (Å²) in [4.78, 5) is 4.20. The first-order chi connectivity index (χ1) is 9.90. The number of nitrogens with one attached hydrogen (secondary N) is 1. The van der Waals surface area contributed by atoms with Crippen LogP contribution < -0.4 is 5.32 Å². The van der Waals surface area contributed by atoms with Gasteiger partial charge < -0.3 is 5.32 Å². The van der Waals surface area contributed by atoms with Gasteiger partial charge in [0.2, 0.25) is 0 Å². The molecule has 0 bridgehead atoms. The number of rotatable bonds is 2. The Morgan fingerprint density at radius 2 is 2.10 bits per heavy atom. The van der Waals surface area contributed by atoms with Crippen LogP contribution in [-0.4, -0.2) is 37.5 Å². The van der Waals surface area contributed by atoms with Crippen LogP contribution in [0.4, 0.5) is 0 Å². The summed E-state index contributed by atoms with van der Waals surface area (Å²) in [6.07, 6.45) is 9.87. The molecule has 0 spiro atoms. The molecule has 0 aliphatic carbocycles. The average molecular weight is 268 g/mol. The number of hydrogen-bond acceptors (Lipinski definition) is 4. The Morgan fingerprint density at radius 3 is 3.00 bits per heavy atom. The van der Waals surface area contributed by atoms with Gasteiger partial charge in [0.25, 0.3) is 0 Å². The standard InChI is InChI=1S/C14H16N6/c1-2-14-16-7-8-19(14)18-13(1)11-9-17-20(10-11)12-3-5-15-6-4-12/h1-2,7-10,12,15H,3-6H2. The Hall–Kier alpha value is -2.21. The molecular formula is C14H16N6. The highest BCUT2D eigenvalue weighted by Gasteiger charge is 2.16. The van der Waals surface area contributed by atoms with E-state index < -0.39 is 0 Å². The first kappa shape index (κ1) is 11.6. The highest BCUT2D eigenvalue weighted by molar-refractivity contribution is 5.58. The Bertz CT molecular complexity index is 722. The van der Waals surface area contributed by atoms with Gasteiger partial charge in [0.1, 0.15) is 0 Å². The van der Waals surface area contributed by atoms with Crippen LogP contribution in [0.2, 0.25) is 0 Å². The molecular weight excluding hydrogens is 252 g/mol. The molecule has 0 atom stereocenters. The molecule has 1 saturated heterocycles. The molecule has 1 aliphatic rings. The van der Waals surface area contributed by atoms with Gasteiger partial charge in [-0.15, -0.1) is 0 Å². The van der Waals surface area contributed by atoms with E-state index in [1.165, 1.54) is 0 Å². The van der Waals surface area contributed by atoms with E-state index in [1.54, 1.807) is 10.7 Å². The molecule has 6 heteroatoms. The first-order valence-electron chi connectivity index (χ1n) is 6.96. The summed E-state index contributed by atoms with van der Waals surface area (Å²) in [6, 6.07) is 4.47. The molecule has 0 amide bonds. The summed E-state index contributed by atoms with van der Waals surface area (Å²) in [7, 11) is 0. The lowest BCUT2D eigenvalue weighted by atomic mass is 10.1. The molecule has 6 nitrogen and oxygen atoms in total. The Balaban J connectivity index is 1.66. The number of imidazole rings is 1. The number of fused-ring (bicyclic) bond motifs is 1. The SMILES string of the molecule is c1cn2nc(-c3cnn(C4CCNCC4)c3)ccc2n1. The molecule has 20 heavy (non-hydrogen) atoms. The molecule has 3 aromatic rings. The second-order valence-electron chi connectivity index (χ2n) is 5.14. The molecule has 0 radical (unpaired) electrons. The molecule has 0 unspecified atom stereocenters. The molecule has 3 aromatic heterocycles. The molecule has 1 aliphatic heterocycles. The molecule has 4 heterocycles. The van der Waals surface area contributed by atoms with Crippen LogP contribution in [0.1, 0.15) is 18.9 Å². The fourth-order valence-corrected chi connectivity index (χ4v) is 2.71. The topological polar surface area (TPSA) is 60.0 Å². The molecule has 1 N–H and O–H groups in total. The third-order valence-corrected chi connectivity index (χ3v) is 3.84. The van der Waals surface area contributed by atoms with E-state index in [0.717, 1.165) is 42.8 Å². The van der Waals surface area contributed by atoms with E-state index >= 15 is 0 Å². The van der Waals surface area contributed by atoms with E-state index in [1.807, 2.05) is 24.5 Å². The zero-order valence-electron chi connectivity index (χ0n) is 11.1. The van der Waals surface area contributed by atoms with Crippen molar-refractivity contribution < 1.29 is 0 Å². The van der Waals surface area contributed by atoms with Crippen molar-refractivity contribution in [1.29, 1.82) is 0 Å². The van der Waals surface area contributed by atoms with Crippen molar-refractivity contribution in [3.63, 3.8) is 0 Å². The summed E-state index contributed by atoms with van der Waals surface area (Å²) in [5.41, 5.74) is 2.84. The first-order valence-corrected chi connectivity index (χ1v) is 6.96. The maximum absolute atomic E-state index is 4.55. The van der Waals surface area contributed by atoms with Crippen LogP contribution in [0.3, 0.4) is 0 Å². The summed E-state index contributed by atoms with van der Waals surface area (Å²) in [5, 5.41) is 12.4. The minimum absolute atomic E-state index is 0.502.